The number of anilines is 1. The van der Waals surface area contributed by atoms with Gasteiger partial charge in [-0.15, -0.1) is 0 Å². The number of fused-ring (bicyclic) bond motifs is 1. The summed E-state index contributed by atoms with van der Waals surface area (Å²) in [4.78, 5) is 25.4. The van der Waals surface area contributed by atoms with Gasteiger partial charge in [0.15, 0.2) is 0 Å². The highest BCUT2D eigenvalue weighted by atomic mass is 19.1. The topological polar surface area (TPSA) is 98.9 Å². The third-order valence-corrected chi connectivity index (χ3v) is 5.66. The molecule has 7 nitrogen and oxygen atoms in total. The van der Waals surface area contributed by atoms with Gasteiger partial charge < -0.3 is 16.0 Å². The van der Waals surface area contributed by atoms with Crippen LogP contribution < -0.4 is 16.0 Å². The van der Waals surface area contributed by atoms with Crippen molar-refractivity contribution in [1.29, 1.82) is 0 Å². The lowest BCUT2D eigenvalue weighted by Gasteiger charge is -2.28. The number of allylic oxidation sites excluding steroid dienone is 1. The molecule has 3 aromatic carbocycles. The molecule has 0 spiro atoms. The number of halogens is 2. The van der Waals surface area contributed by atoms with E-state index >= 15 is 0 Å². The summed E-state index contributed by atoms with van der Waals surface area (Å²) in [6.45, 7) is 1.64. The minimum Gasteiger partial charge on any atom is -0.327 e. The van der Waals surface area contributed by atoms with Crippen molar-refractivity contribution in [3.63, 3.8) is 0 Å². The molecule has 1 aromatic heterocycles. The summed E-state index contributed by atoms with van der Waals surface area (Å²) in [5.74, 6) is -1.18. The van der Waals surface area contributed by atoms with Crippen molar-refractivity contribution >= 4 is 28.5 Å². The van der Waals surface area contributed by atoms with Crippen LogP contribution in [0.4, 0.5) is 19.3 Å². The van der Waals surface area contributed by atoms with Crippen LogP contribution in [-0.2, 0) is 4.79 Å². The normalized spacial score (nSPS) is 15.7. The van der Waals surface area contributed by atoms with Gasteiger partial charge in [0.05, 0.1) is 22.8 Å². The van der Waals surface area contributed by atoms with Crippen molar-refractivity contribution in [3.05, 3.63) is 95.2 Å². The van der Waals surface area contributed by atoms with Crippen molar-refractivity contribution in [2.75, 3.05) is 5.32 Å². The minimum atomic E-state index is -0.748. The molecule has 0 fully saturated rings. The number of H-pyrrole nitrogens is 1. The molecule has 1 unspecified atom stereocenters. The Kier molecular flexibility index (Phi) is 5.29. The predicted octanol–water partition coefficient (Wildman–Crippen LogP) is 4.77. The van der Waals surface area contributed by atoms with Crippen LogP contribution in [0.2, 0.25) is 0 Å². The fourth-order valence-electron chi connectivity index (χ4n) is 4.02. The van der Waals surface area contributed by atoms with Crippen LogP contribution in [0.5, 0.6) is 0 Å². The number of carbonyl (C=O) groups is 2. The van der Waals surface area contributed by atoms with Gasteiger partial charge in [-0.2, -0.15) is 5.10 Å². The van der Waals surface area contributed by atoms with E-state index in [9.17, 15) is 18.4 Å². The molecule has 1 aliphatic rings. The maximum atomic E-state index is 13.4. The standard InChI is InChI=1S/C25H19F2N5O2/c1-13-21(23(30-25(34)28-13)15-4-8-17(27)9-5-15)24(33)29-18-10-11-20-19(12-18)22(32-31-20)14-2-6-16(26)7-3-14/h2-12,23H,1H3,(H,29,33)(H,31,32)(H2,28,30,34). The van der Waals surface area contributed by atoms with Gasteiger partial charge in [-0.1, -0.05) is 12.1 Å². The van der Waals surface area contributed by atoms with Crippen molar-refractivity contribution < 1.29 is 18.4 Å². The Balaban J connectivity index is 1.47. The number of nitrogens with one attached hydrogen (secondary N) is 4. The van der Waals surface area contributed by atoms with E-state index in [1.807, 2.05) is 0 Å². The summed E-state index contributed by atoms with van der Waals surface area (Å²) in [7, 11) is 0. The van der Waals surface area contributed by atoms with Crippen LogP contribution in [0.15, 0.2) is 78.0 Å². The maximum Gasteiger partial charge on any atom is 0.319 e. The largest absolute Gasteiger partial charge is 0.327 e. The highest BCUT2D eigenvalue weighted by Gasteiger charge is 2.31. The Hall–Kier alpha value is -4.53. The number of benzene rings is 3. The van der Waals surface area contributed by atoms with E-state index in [1.165, 1.54) is 36.4 Å². The quantitative estimate of drug-likeness (QED) is 0.354. The first-order valence-corrected chi connectivity index (χ1v) is 10.5. The summed E-state index contributed by atoms with van der Waals surface area (Å²) >= 11 is 0. The third-order valence-electron chi connectivity index (χ3n) is 5.66. The van der Waals surface area contributed by atoms with E-state index in [2.05, 4.69) is 26.1 Å². The Morgan fingerprint density at radius 1 is 0.971 bits per heavy atom. The van der Waals surface area contributed by atoms with Gasteiger partial charge >= 0.3 is 6.03 Å². The molecule has 0 bridgehead atoms. The number of aromatic amines is 1. The summed E-state index contributed by atoms with van der Waals surface area (Å²) in [5, 5.41) is 16.2. The second kappa shape index (κ2) is 8.43. The number of hydrogen-bond donors (Lipinski definition) is 4. The fraction of sp³-hybridized carbons (Fsp3) is 0.0800. The monoisotopic (exact) mass is 459 g/mol. The summed E-state index contributed by atoms with van der Waals surface area (Å²) in [5.41, 5.74) is 3.89. The summed E-state index contributed by atoms with van der Waals surface area (Å²) in [6.07, 6.45) is 0. The lowest BCUT2D eigenvalue weighted by atomic mass is 9.94. The Labute approximate surface area is 192 Å². The Morgan fingerprint density at radius 2 is 1.65 bits per heavy atom. The second-order valence-electron chi connectivity index (χ2n) is 7.92. The molecule has 3 amide bonds. The van der Waals surface area contributed by atoms with Gasteiger partial charge in [0.1, 0.15) is 11.6 Å². The molecule has 0 saturated heterocycles. The van der Waals surface area contributed by atoms with Crippen LogP contribution in [-0.4, -0.2) is 22.1 Å². The third kappa shape index (κ3) is 3.99. The lowest BCUT2D eigenvalue weighted by Crippen LogP contribution is -2.45. The van der Waals surface area contributed by atoms with E-state index < -0.39 is 23.8 Å². The Morgan fingerprint density at radius 3 is 2.35 bits per heavy atom. The highest BCUT2D eigenvalue weighted by Crippen LogP contribution is 2.31. The molecule has 9 heteroatoms. The highest BCUT2D eigenvalue weighted by molar-refractivity contribution is 6.08. The first-order chi connectivity index (χ1) is 16.4. The smallest absolute Gasteiger partial charge is 0.319 e. The molecule has 34 heavy (non-hydrogen) atoms. The van der Waals surface area contributed by atoms with E-state index in [1.54, 1.807) is 37.3 Å². The molecule has 0 aliphatic carbocycles. The minimum absolute atomic E-state index is 0.303. The lowest BCUT2D eigenvalue weighted by molar-refractivity contribution is -0.113. The van der Waals surface area contributed by atoms with Crippen molar-refractivity contribution in [3.8, 4) is 11.3 Å². The molecule has 2 heterocycles. The number of nitrogens with zero attached hydrogens (tertiary/aromatic N) is 1. The zero-order valence-electron chi connectivity index (χ0n) is 17.9. The van der Waals surface area contributed by atoms with Gasteiger partial charge in [-0.25, -0.2) is 13.6 Å². The second-order valence-corrected chi connectivity index (χ2v) is 7.92. The molecule has 0 saturated carbocycles. The molecule has 5 rings (SSSR count). The summed E-state index contributed by atoms with van der Waals surface area (Å²) < 4.78 is 26.7. The summed E-state index contributed by atoms with van der Waals surface area (Å²) in [6, 6.07) is 15.7. The van der Waals surface area contributed by atoms with Crippen molar-refractivity contribution in [2.45, 2.75) is 13.0 Å². The van der Waals surface area contributed by atoms with Gasteiger partial charge in [0, 0.05) is 22.3 Å². The number of amides is 3. The molecule has 170 valence electrons. The molecule has 0 radical (unpaired) electrons. The molecule has 4 N–H and O–H groups in total. The number of aromatic nitrogens is 2. The zero-order valence-corrected chi connectivity index (χ0v) is 17.9. The number of rotatable bonds is 4. The first kappa shape index (κ1) is 21.3. The Bertz CT molecular complexity index is 1440. The molecule has 1 aliphatic heterocycles. The first-order valence-electron chi connectivity index (χ1n) is 10.5. The van der Waals surface area contributed by atoms with Crippen molar-refractivity contribution in [2.24, 2.45) is 0 Å². The van der Waals surface area contributed by atoms with Crippen LogP contribution >= 0.6 is 0 Å². The van der Waals surface area contributed by atoms with E-state index in [4.69, 9.17) is 0 Å². The fourth-order valence-corrected chi connectivity index (χ4v) is 4.02. The van der Waals surface area contributed by atoms with E-state index in [-0.39, 0.29) is 5.82 Å². The van der Waals surface area contributed by atoms with Crippen LogP contribution in [0.3, 0.4) is 0 Å². The number of hydrogen-bond acceptors (Lipinski definition) is 3. The molecular weight excluding hydrogens is 440 g/mol. The van der Waals surface area contributed by atoms with Crippen molar-refractivity contribution in [1.82, 2.24) is 20.8 Å². The van der Waals surface area contributed by atoms with Gasteiger partial charge in [-0.05, 0) is 67.1 Å². The SMILES string of the molecule is CC1=C(C(=O)Nc2ccc3[nH]nc(-c4ccc(F)cc4)c3c2)C(c2ccc(F)cc2)NC(=O)N1. The van der Waals surface area contributed by atoms with Crippen LogP contribution in [0, 0.1) is 11.6 Å². The van der Waals surface area contributed by atoms with Gasteiger partial charge in [0.2, 0.25) is 0 Å². The van der Waals surface area contributed by atoms with E-state index in [0.717, 1.165) is 16.5 Å². The average molecular weight is 459 g/mol. The van der Waals surface area contributed by atoms with Crippen LogP contribution in [0.25, 0.3) is 22.2 Å². The molecular formula is C25H19F2N5O2. The van der Waals surface area contributed by atoms with Gasteiger partial charge in [-0.3, -0.25) is 9.89 Å². The number of urea groups is 1. The van der Waals surface area contributed by atoms with E-state index in [0.29, 0.717) is 28.2 Å². The maximum absolute atomic E-state index is 13.4. The van der Waals surface area contributed by atoms with Gasteiger partial charge in [0.25, 0.3) is 5.91 Å². The van der Waals surface area contributed by atoms with Crippen LogP contribution in [0.1, 0.15) is 18.5 Å². The zero-order chi connectivity index (χ0) is 23.8. The molecule has 4 aromatic rings. The average Bonchev–Trinajstić information content (AvgIpc) is 3.23. The molecule has 1 atom stereocenters. The number of carbonyl (C=O) groups excluding carboxylic acids is 2. The predicted molar refractivity (Wildman–Crippen MR) is 124 cm³/mol.